The van der Waals surface area contributed by atoms with Crippen molar-refractivity contribution >= 4 is 16.9 Å². The van der Waals surface area contributed by atoms with Crippen molar-refractivity contribution in [2.45, 2.75) is 39.0 Å². The van der Waals surface area contributed by atoms with Crippen molar-refractivity contribution in [3.8, 4) is 0 Å². The normalized spacial score (nSPS) is 15.1. The van der Waals surface area contributed by atoms with E-state index in [1.807, 2.05) is 23.1 Å². The van der Waals surface area contributed by atoms with Gasteiger partial charge in [0.05, 0.1) is 0 Å². The van der Waals surface area contributed by atoms with Gasteiger partial charge in [0.25, 0.3) is 0 Å². The number of aryl methyl sites for hydroxylation is 2. The SMILES string of the molecule is Cc1ccc2[nH]c(C3CCN(C(=O)NCCc4ccccc4)CC3)c(C)c2c1. The number of hydrogen-bond donors (Lipinski definition) is 2. The first-order valence-corrected chi connectivity index (χ1v) is 10.3. The molecule has 4 heteroatoms. The summed E-state index contributed by atoms with van der Waals surface area (Å²) in [4.78, 5) is 18.1. The van der Waals surface area contributed by atoms with E-state index in [4.69, 9.17) is 0 Å². The van der Waals surface area contributed by atoms with Gasteiger partial charge in [-0.05, 0) is 56.4 Å². The van der Waals surface area contributed by atoms with Crippen molar-refractivity contribution in [1.82, 2.24) is 15.2 Å². The maximum atomic E-state index is 12.5. The van der Waals surface area contributed by atoms with Gasteiger partial charge in [-0.15, -0.1) is 0 Å². The van der Waals surface area contributed by atoms with Gasteiger partial charge in [-0.1, -0.05) is 42.0 Å². The highest BCUT2D eigenvalue weighted by atomic mass is 16.2. The third kappa shape index (κ3) is 3.91. The Morgan fingerprint density at radius 3 is 2.61 bits per heavy atom. The number of piperidine rings is 1. The molecule has 2 N–H and O–H groups in total. The minimum atomic E-state index is 0.0679. The third-order valence-electron chi connectivity index (χ3n) is 5.98. The molecule has 0 unspecified atom stereocenters. The van der Waals surface area contributed by atoms with E-state index >= 15 is 0 Å². The van der Waals surface area contributed by atoms with Crippen LogP contribution in [0.4, 0.5) is 4.79 Å². The van der Waals surface area contributed by atoms with E-state index in [1.165, 1.54) is 33.3 Å². The number of H-pyrrole nitrogens is 1. The van der Waals surface area contributed by atoms with Gasteiger partial charge in [-0.2, -0.15) is 0 Å². The summed E-state index contributed by atoms with van der Waals surface area (Å²) < 4.78 is 0. The van der Waals surface area contributed by atoms with Crippen LogP contribution in [0.25, 0.3) is 10.9 Å². The Hall–Kier alpha value is -2.75. The van der Waals surface area contributed by atoms with Gasteiger partial charge in [-0.25, -0.2) is 4.79 Å². The largest absolute Gasteiger partial charge is 0.358 e. The van der Waals surface area contributed by atoms with Crippen LogP contribution in [-0.4, -0.2) is 35.5 Å². The molecule has 0 atom stereocenters. The van der Waals surface area contributed by atoms with E-state index in [2.05, 4.69) is 54.5 Å². The molecular formula is C24H29N3O. The van der Waals surface area contributed by atoms with Crippen molar-refractivity contribution in [2.75, 3.05) is 19.6 Å². The lowest BCUT2D eigenvalue weighted by molar-refractivity contribution is 0.181. The van der Waals surface area contributed by atoms with Crippen LogP contribution in [0.15, 0.2) is 48.5 Å². The zero-order valence-electron chi connectivity index (χ0n) is 16.8. The first-order valence-electron chi connectivity index (χ1n) is 10.3. The fraction of sp³-hybridized carbons (Fsp3) is 0.375. The molecule has 28 heavy (non-hydrogen) atoms. The van der Waals surface area contributed by atoms with Crippen molar-refractivity contribution < 1.29 is 4.79 Å². The van der Waals surface area contributed by atoms with Crippen LogP contribution >= 0.6 is 0 Å². The molecule has 0 aliphatic carbocycles. The molecule has 146 valence electrons. The number of fused-ring (bicyclic) bond motifs is 1. The Balaban J connectivity index is 1.32. The lowest BCUT2D eigenvalue weighted by atomic mass is 9.91. The monoisotopic (exact) mass is 375 g/mol. The van der Waals surface area contributed by atoms with Gasteiger partial charge >= 0.3 is 6.03 Å². The Kier molecular flexibility index (Phi) is 5.38. The smallest absolute Gasteiger partial charge is 0.317 e. The van der Waals surface area contributed by atoms with Crippen molar-refractivity contribution in [2.24, 2.45) is 0 Å². The zero-order chi connectivity index (χ0) is 19.5. The maximum Gasteiger partial charge on any atom is 0.317 e. The van der Waals surface area contributed by atoms with Crippen LogP contribution in [0, 0.1) is 13.8 Å². The van der Waals surface area contributed by atoms with E-state index in [0.29, 0.717) is 12.5 Å². The molecule has 0 radical (unpaired) electrons. The molecule has 0 spiro atoms. The Labute approximate surface area is 166 Å². The fourth-order valence-electron chi connectivity index (χ4n) is 4.31. The van der Waals surface area contributed by atoms with Gasteiger partial charge in [0.2, 0.25) is 0 Å². The number of hydrogen-bond acceptors (Lipinski definition) is 1. The van der Waals surface area contributed by atoms with Gasteiger partial charge in [0.1, 0.15) is 0 Å². The van der Waals surface area contributed by atoms with E-state index < -0.39 is 0 Å². The average molecular weight is 376 g/mol. The van der Waals surface area contributed by atoms with Crippen LogP contribution in [0.3, 0.4) is 0 Å². The predicted octanol–water partition coefficient (Wildman–Crippen LogP) is 4.92. The molecule has 1 saturated heterocycles. The number of carbonyl (C=O) groups is 1. The highest BCUT2D eigenvalue weighted by Gasteiger charge is 2.26. The Morgan fingerprint density at radius 1 is 1.11 bits per heavy atom. The van der Waals surface area contributed by atoms with E-state index in [1.54, 1.807) is 0 Å². The number of aromatic nitrogens is 1. The van der Waals surface area contributed by atoms with E-state index in [0.717, 1.165) is 32.4 Å². The van der Waals surface area contributed by atoms with Crippen LogP contribution in [0.2, 0.25) is 0 Å². The van der Waals surface area contributed by atoms with E-state index in [-0.39, 0.29) is 6.03 Å². The Morgan fingerprint density at radius 2 is 1.86 bits per heavy atom. The number of amides is 2. The summed E-state index contributed by atoms with van der Waals surface area (Å²) in [5.74, 6) is 0.501. The number of nitrogens with zero attached hydrogens (tertiary/aromatic N) is 1. The molecule has 2 heterocycles. The van der Waals surface area contributed by atoms with Crippen LogP contribution in [0.5, 0.6) is 0 Å². The summed E-state index contributed by atoms with van der Waals surface area (Å²) >= 11 is 0. The second-order valence-corrected chi connectivity index (χ2v) is 7.94. The van der Waals surface area contributed by atoms with Crippen molar-refractivity contribution in [3.63, 3.8) is 0 Å². The highest BCUT2D eigenvalue weighted by molar-refractivity contribution is 5.85. The summed E-state index contributed by atoms with van der Waals surface area (Å²) in [7, 11) is 0. The molecule has 1 fully saturated rings. The maximum absolute atomic E-state index is 12.5. The summed E-state index contributed by atoms with van der Waals surface area (Å²) in [6.07, 6.45) is 2.90. The molecule has 1 aliphatic heterocycles. The predicted molar refractivity (Wildman–Crippen MR) is 115 cm³/mol. The average Bonchev–Trinajstić information content (AvgIpc) is 3.05. The van der Waals surface area contributed by atoms with Gasteiger partial charge in [0.15, 0.2) is 0 Å². The number of rotatable bonds is 4. The number of nitrogens with one attached hydrogen (secondary N) is 2. The standard InChI is InChI=1S/C24H29N3O/c1-17-8-9-22-21(16-17)18(2)23(26-22)20-11-14-27(15-12-20)24(28)25-13-10-19-6-4-3-5-7-19/h3-9,16,20,26H,10-15H2,1-2H3,(H,25,28). The fourth-order valence-corrected chi connectivity index (χ4v) is 4.31. The van der Waals surface area contributed by atoms with Crippen LogP contribution < -0.4 is 5.32 Å². The van der Waals surface area contributed by atoms with Crippen molar-refractivity contribution in [1.29, 1.82) is 0 Å². The van der Waals surface area contributed by atoms with Crippen LogP contribution in [0.1, 0.15) is 41.1 Å². The second-order valence-electron chi connectivity index (χ2n) is 7.94. The van der Waals surface area contributed by atoms with Gasteiger partial charge in [-0.3, -0.25) is 0 Å². The second kappa shape index (κ2) is 8.09. The first kappa shape index (κ1) is 18.6. The number of urea groups is 1. The summed E-state index contributed by atoms with van der Waals surface area (Å²) in [6.45, 7) is 6.67. The number of carbonyl (C=O) groups excluding carboxylic acids is 1. The highest BCUT2D eigenvalue weighted by Crippen LogP contribution is 2.33. The molecule has 3 aromatic rings. The lowest BCUT2D eigenvalue weighted by Gasteiger charge is -2.32. The van der Waals surface area contributed by atoms with Crippen molar-refractivity contribution in [3.05, 3.63) is 70.9 Å². The molecule has 1 aliphatic rings. The van der Waals surface area contributed by atoms with Gasteiger partial charge < -0.3 is 15.2 Å². The molecule has 0 bridgehead atoms. The van der Waals surface area contributed by atoms with Crippen LogP contribution in [-0.2, 0) is 6.42 Å². The summed E-state index contributed by atoms with van der Waals surface area (Å²) in [5.41, 5.74) is 6.49. The summed E-state index contributed by atoms with van der Waals surface area (Å²) in [5, 5.41) is 4.40. The first-order chi connectivity index (χ1) is 13.6. The minimum absolute atomic E-state index is 0.0679. The zero-order valence-corrected chi connectivity index (χ0v) is 16.8. The van der Waals surface area contributed by atoms with Gasteiger partial charge in [0, 0.05) is 42.1 Å². The summed E-state index contributed by atoms with van der Waals surface area (Å²) in [6, 6.07) is 17.0. The molecule has 4 rings (SSSR count). The molecule has 4 nitrogen and oxygen atoms in total. The molecule has 0 saturated carbocycles. The molecule has 2 amide bonds. The topological polar surface area (TPSA) is 48.1 Å². The molecule has 2 aromatic carbocycles. The van der Waals surface area contributed by atoms with E-state index in [9.17, 15) is 4.79 Å². The molecular weight excluding hydrogens is 346 g/mol. The quantitative estimate of drug-likeness (QED) is 0.668. The number of benzene rings is 2. The Bertz CT molecular complexity index is 953. The number of aromatic amines is 1. The number of likely N-dealkylation sites (tertiary alicyclic amines) is 1. The minimum Gasteiger partial charge on any atom is -0.358 e. The lowest BCUT2D eigenvalue weighted by Crippen LogP contribution is -2.44. The third-order valence-corrected chi connectivity index (χ3v) is 5.98. The molecule has 1 aromatic heterocycles.